The Hall–Kier alpha value is -2.58. The number of nitrogens with one attached hydrogen (secondary N) is 1. The van der Waals surface area contributed by atoms with Crippen LogP contribution in [-0.4, -0.2) is 32.4 Å². The van der Waals surface area contributed by atoms with Gasteiger partial charge in [0.15, 0.2) is 0 Å². The van der Waals surface area contributed by atoms with Crippen molar-refractivity contribution in [3.05, 3.63) is 71.3 Å². The second-order valence-electron chi connectivity index (χ2n) is 5.66. The fraction of sp³-hybridized carbons (Fsp3) is 0.278. The van der Waals surface area contributed by atoms with Crippen molar-refractivity contribution in [2.45, 2.75) is 18.8 Å². The number of anilines is 1. The summed E-state index contributed by atoms with van der Waals surface area (Å²) in [6.45, 7) is 0.575. The minimum absolute atomic E-state index is 0.0483. The minimum atomic E-state index is -0.0483. The monoisotopic (exact) mass is 371 g/mol. The molecule has 0 radical (unpaired) electrons. The van der Waals surface area contributed by atoms with Gasteiger partial charge in [0, 0.05) is 47.6 Å². The molecule has 3 heterocycles. The van der Waals surface area contributed by atoms with Crippen LogP contribution in [0.2, 0.25) is 0 Å². The molecule has 3 aromatic rings. The average Bonchev–Trinajstić information content (AvgIpc) is 3.12. The van der Waals surface area contributed by atoms with E-state index in [4.69, 9.17) is 15.3 Å². The van der Waals surface area contributed by atoms with E-state index < -0.39 is 0 Å². The molecule has 0 aliphatic rings. The normalized spacial score (nSPS) is 11.8. The van der Waals surface area contributed by atoms with Gasteiger partial charge in [-0.2, -0.15) is 11.8 Å². The van der Waals surface area contributed by atoms with E-state index in [1.807, 2.05) is 18.3 Å². The van der Waals surface area contributed by atoms with Gasteiger partial charge in [-0.15, -0.1) is 0 Å². The summed E-state index contributed by atoms with van der Waals surface area (Å²) in [5, 5.41) is 9.16. The van der Waals surface area contributed by atoms with E-state index in [0.29, 0.717) is 29.9 Å². The van der Waals surface area contributed by atoms with Crippen LogP contribution in [-0.2, 0) is 18.8 Å². The maximum Gasteiger partial charge on any atom is 0.215 e. The van der Waals surface area contributed by atoms with E-state index in [1.54, 1.807) is 36.6 Å². The summed E-state index contributed by atoms with van der Waals surface area (Å²) < 4.78 is 5.57. The van der Waals surface area contributed by atoms with Crippen LogP contribution in [0.15, 0.2) is 52.6 Å². The largest absolute Gasteiger partial charge is 0.447 e. The highest BCUT2D eigenvalue weighted by atomic mass is 32.2. The number of aromatic nitrogens is 3. The van der Waals surface area contributed by atoms with Gasteiger partial charge in [0.1, 0.15) is 0 Å². The predicted octanol–water partition coefficient (Wildman–Crippen LogP) is 1.90. The van der Waals surface area contributed by atoms with E-state index in [9.17, 15) is 0 Å². The lowest BCUT2D eigenvalue weighted by Gasteiger charge is -2.04. The third-order valence-corrected chi connectivity index (χ3v) is 4.76. The van der Waals surface area contributed by atoms with Crippen molar-refractivity contribution in [1.29, 1.82) is 0 Å². The van der Waals surface area contributed by atoms with E-state index in [1.165, 1.54) is 0 Å². The molecule has 0 bridgehead atoms. The van der Waals surface area contributed by atoms with Crippen LogP contribution in [0, 0.1) is 0 Å². The number of H-pyrrole nitrogens is 1. The second-order valence-corrected chi connectivity index (χ2v) is 6.76. The fourth-order valence-electron chi connectivity index (χ4n) is 2.41. The van der Waals surface area contributed by atoms with E-state index in [-0.39, 0.29) is 6.61 Å². The van der Waals surface area contributed by atoms with Gasteiger partial charge in [-0.25, -0.2) is 4.98 Å². The number of hydrogen-bond donors (Lipinski definition) is 3. The molecule has 0 saturated carbocycles. The van der Waals surface area contributed by atoms with Gasteiger partial charge in [0.25, 0.3) is 0 Å². The Morgan fingerprint density at radius 3 is 3.08 bits per heavy atom. The van der Waals surface area contributed by atoms with Crippen molar-refractivity contribution in [3.8, 4) is 0 Å². The van der Waals surface area contributed by atoms with Crippen molar-refractivity contribution < 1.29 is 9.52 Å². The Morgan fingerprint density at radius 2 is 2.31 bits per heavy atom. The van der Waals surface area contributed by atoms with Crippen LogP contribution in [0.3, 0.4) is 0 Å². The molecule has 0 unspecified atom stereocenters. The number of aliphatic hydroxyl groups excluding tert-OH is 1. The first kappa shape index (κ1) is 18.2. The van der Waals surface area contributed by atoms with Crippen LogP contribution >= 0.6 is 11.8 Å². The number of imidazole rings is 1. The first-order chi connectivity index (χ1) is 12.8. The van der Waals surface area contributed by atoms with Gasteiger partial charge in [0.05, 0.1) is 37.1 Å². The van der Waals surface area contributed by atoms with E-state index in [2.05, 4.69) is 19.9 Å². The van der Waals surface area contributed by atoms with Gasteiger partial charge < -0.3 is 20.2 Å². The quantitative estimate of drug-likeness (QED) is 0.521. The van der Waals surface area contributed by atoms with Crippen molar-refractivity contribution in [2.75, 3.05) is 18.0 Å². The van der Waals surface area contributed by atoms with Crippen LogP contribution in [0.1, 0.15) is 22.5 Å². The van der Waals surface area contributed by atoms with Gasteiger partial charge >= 0.3 is 0 Å². The molecule has 0 aliphatic heterocycles. The van der Waals surface area contributed by atoms with Crippen molar-refractivity contribution in [3.63, 3.8) is 0 Å². The molecule has 136 valence electrons. The van der Waals surface area contributed by atoms with E-state index in [0.717, 1.165) is 28.3 Å². The molecule has 0 fully saturated rings. The first-order valence-electron chi connectivity index (χ1n) is 8.22. The zero-order valence-electron chi connectivity index (χ0n) is 14.3. The van der Waals surface area contributed by atoms with Crippen molar-refractivity contribution in [1.82, 2.24) is 15.0 Å². The smallest absolute Gasteiger partial charge is 0.215 e. The summed E-state index contributed by atoms with van der Waals surface area (Å²) >= 11 is 1.71. The molecule has 4 N–H and O–H groups in total. The Labute approximate surface area is 155 Å². The number of nitrogen functional groups attached to an aromatic ring is 1. The highest BCUT2D eigenvalue weighted by Gasteiger charge is 2.04. The zero-order valence-corrected chi connectivity index (χ0v) is 15.1. The molecule has 3 rings (SSSR count). The fourth-order valence-corrected chi connectivity index (χ4v) is 3.23. The van der Waals surface area contributed by atoms with Crippen LogP contribution < -0.4 is 11.3 Å². The third-order valence-electron chi connectivity index (χ3n) is 3.80. The molecule has 7 nitrogen and oxygen atoms in total. The summed E-state index contributed by atoms with van der Waals surface area (Å²) in [7, 11) is 0. The topological polar surface area (TPSA) is 113 Å². The lowest BCUT2D eigenvalue weighted by Crippen LogP contribution is -2.07. The highest BCUT2D eigenvalue weighted by Crippen LogP contribution is 2.14. The third kappa shape index (κ3) is 4.96. The predicted molar refractivity (Wildman–Crippen MR) is 101 cm³/mol. The number of pyridine rings is 1. The maximum absolute atomic E-state index is 9.16. The molecular weight excluding hydrogens is 350 g/mol. The number of hydrogen-bond acceptors (Lipinski definition) is 7. The van der Waals surface area contributed by atoms with Crippen LogP contribution in [0.5, 0.6) is 0 Å². The lowest BCUT2D eigenvalue weighted by molar-refractivity contribution is 0.276. The number of rotatable bonds is 8. The summed E-state index contributed by atoms with van der Waals surface area (Å²) in [5.41, 5.74) is 10.9. The standard InChI is InChI=1S/C18H21N5O2S/c19-15-7-18(25-10-14(15)6-13-2-1-3-20-8-13)21-4-5-26-11-17-16(9-24)22-12-23-17/h1-3,7-8,10,12,24H,4-6,9,11,19H2,(H,22,23). The number of nitrogens with two attached hydrogens (primary N) is 1. The average molecular weight is 371 g/mol. The van der Waals surface area contributed by atoms with E-state index >= 15 is 0 Å². The Balaban J connectivity index is 1.52. The molecule has 8 heteroatoms. The Kier molecular flexibility index (Phi) is 6.45. The van der Waals surface area contributed by atoms with Gasteiger partial charge in [-0.3, -0.25) is 9.98 Å². The van der Waals surface area contributed by atoms with Crippen molar-refractivity contribution >= 4 is 17.4 Å². The molecule has 0 aliphatic carbocycles. The molecule has 0 saturated heterocycles. The number of aromatic amines is 1. The molecular formula is C18H21N5O2S. The lowest BCUT2D eigenvalue weighted by atomic mass is 10.1. The summed E-state index contributed by atoms with van der Waals surface area (Å²) in [6, 6.07) is 5.66. The first-order valence-corrected chi connectivity index (χ1v) is 9.38. The molecule has 3 aromatic heterocycles. The zero-order chi connectivity index (χ0) is 18.2. The number of thioether (sulfide) groups is 1. The van der Waals surface area contributed by atoms with Crippen LogP contribution in [0.25, 0.3) is 0 Å². The summed E-state index contributed by atoms with van der Waals surface area (Å²) in [6.07, 6.45) is 7.49. The summed E-state index contributed by atoms with van der Waals surface area (Å²) in [5.74, 6) is 1.59. The molecule has 0 atom stereocenters. The Bertz CT molecular complexity index is 892. The SMILES string of the molecule is Nc1cc(=NCCSCc2[nH]cnc2CO)occ1Cc1cccnc1. The van der Waals surface area contributed by atoms with Crippen LogP contribution in [0.4, 0.5) is 5.69 Å². The molecule has 0 amide bonds. The summed E-state index contributed by atoms with van der Waals surface area (Å²) in [4.78, 5) is 15.6. The highest BCUT2D eigenvalue weighted by molar-refractivity contribution is 7.98. The van der Waals surface area contributed by atoms with Crippen molar-refractivity contribution in [2.24, 2.45) is 4.99 Å². The maximum atomic E-state index is 9.16. The van der Waals surface area contributed by atoms with Gasteiger partial charge in [-0.1, -0.05) is 6.07 Å². The van der Waals surface area contributed by atoms with Gasteiger partial charge in [-0.05, 0) is 11.6 Å². The Morgan fingerprint density at radius 1 is 1.38 bits per heavy atom. The molecule has 26 heavy (non-hydrogen) atoms. The minimum Gasteiger partial charge on any atom is -0.447 e. The number of aliphatic hydroxyl groups is 1. The molecule has 0 spiro atoms. The second kappa shape index (κ2) is 9.21. The van der Waals surface area contributed by atoms with Gasteiger partial charge in [0.2, 0.25) is 5.55 Å². The molecule has 0 aromatic carbocycles. The number of nitrogens with zero attached hydrogens (tertiary/aromatic N) is 3.